The third-order valence-corrected chi connectivity index (χ3v) is 5.58. The lowest BCUT2D eigenvalue weighted by Crippen LogP contribution is -2.22. The molecule has 0 aromatic heterocycles. The van der Waals surface area contributed by atoms with Crippen molar-refractivity contribution in [1.29, 1.82) is 0 Å². The number of rotatable bonds is 4. The second kappa shape index (κ2) is 6.24. The van der Waals surface area contributed by atoms with Crippen LogP contribution >= 0.6 is 0 Å². The van der Waals surface area contributed by atoms with Gasteiger partial charge >= 0.3 is 0 Å². The fraction of sp³-hybridized carbons (Fsp3) is 0.476. The quantitative estimate of drug-likeness (QED) is 0.673. The maximum Gasteiger partial charge on any atom is 0.165 e. The Hall–Kier alpha value is -1.63. The zero-order valence-electron chi connectivity index (χ0n) is 13.7. The zero-order valence-corrected chi connectivity index (χ0v) is 13.7. The van der Waals surface area contributed by atoms with E-state index < -0.39 is 0 Å². The second-order valence-corrected chi connectivity index (χ2v) is 7.07. The molecule has 116 valence electrons. The van der Waals surface area contributed by atoms with Crippen molar-refractivity contribution in [2.75, 3.05) is 0 Å². The van der Waals surface area contributed by atoms with Crippen LogP contribution in [0.2, 0.25) is 0 Å². The van der Waals surface area contributed by atoms with E-state index in [0.717, 1.165) is 24.3 Å². The van der Waals surface area contributed by atoms with E-state index in [0.29, 0.717) is 5.78 Å². The Morgan fingerprint density at radius 1 is 1.05 bits per heavy atom. The summed E-state index contributed by atoms with van der Waals surface area (Å²) in [5.41, 5.74) is 2.13. The van der Waals surface area contributed by atoms with Gasteiger partial charge in [-0.2, -0.15) is 0 Å². The molecule has 2 aliphatic carbocycles. The van der Waals surface area contributed by atoms with Crippen LogP contribution in [0, 0.1) is 11.8 Å². The second-order valence-electron chi connectivity index (χ2n) is 7.07. The van der Waals surface area contributed by atoms with Crippen LogP contribution in [0.15, 0.2) is 48.6 Å². The molecule has 0 bridgehead atoms. The minimum absolute atomic E-state index is 0.0131. The van der Waals surface area contributed by atoms with Gasteiger partial charge in [0.1, 0.15) is 0 Å². The van der Waals surface area contributed by atoms with Crippen LogP contribution in [0.5, 0.6) is 0 Å². The van der Waals surface area contributed by atoms with Crippen LogP contribution in [0.4, 0.5) is 0 Å². The normalized spacial score (nSPS) is 26.3. The fourth-order valence-electron chi connectivity index (χ4n) is 3.82. The zero-order chi connectivity index (χ0) is 15.6. The van der Waals surface area contributed by atoms with Crippen LogP contribution in [-0.2, 0) is 5.41 Å². The van der Waals surface area contributed by atoms with Gasteiger partial charge in [0.2, 0.25) is 0 Å². The number of ketones is 1. The number of benzene rings is 1. The number of carbonyl (C=O) groups is 1. The lowest BCUT2D eigenvalue weighted by Gasteiger charge is -2.27. The first kappa shape index (κ1) is 15.3. The molecule has 0 amide bonds. The minimum Gasteiger partial charge on any atom is -0.294 e. The van der Waals surface area contributed by atoms with Crippen molar-refractivity contribution in [3.05, 3.63) is 59.7 Å². The minimum atomic E-state index is -0.0131. The van der Waals surface area contributed by atoms with Gasteiger partial charge in [-0.1, -0.05) is 61.9 Å². The van der Waals surface area contributed by atoms with Crippen molar-refractivity contribution in [3.8, 4) is 0 Å². The SMILES string of the molecule is CCC1CCC(C(=O)c2ccc(C3(C)C=CC=C3)cc2)CC1. The molecule has 1 heteroatoms. The maximum atomic E-state index is 12.7. The highest BCUT2D eigenvalue weighted by atomic mass is 16.1. The molecule has 0 aliphatic heterocycles. The Morgan fingerprint density at radius 3 is 2.18 bits per heavy atom. The summed E-state index contributed by atoms with van der Waals surface area (Å²) >= 11 is 0. The molecular formula is C21H26O. The van der Waals surface area contributed by atoms with Gasteiger partial charge in [0, 0.05) is 16.9 Å². The van der Waals surface area contributed by atoms with Crippen LogP contribution in [0.1, 0.15) is 61.9 Å². The predicted octanol–water partition coefficient (Wildman–Crippen LogP) is 5.47. The molecule has 0 atom stereocenters. The summed E-state index contributed by atoms with van der Waals surface area (Å²) in [5.74, 6) is 1.44. The van der Waals surface area contributed by atoms with Crippen molar-refractivity contribution in [2.45, 2.75) is 51.4 Å². The Kier molecular flexibility index (Phi) is 4.33. The van der Waals surface area contributed by atoms with Gasteiger partial charge in [-0.15, -0.1) is 0 Å². The molecule has 0 saturated heterocycles. The van der Waals surface area contributed by atoms with Crippen molar-refractivity contribution in [2.24, 2.45) is 11.8 Å². The summed E-state index contributed by atoms with van der Waals surface area (Å²) in [7, 11) is 0. The molecule has 22 heavy (non-hydrogen) atoms. The number of hydrogen-bond donors (Lipinski definition) is 0. The molecule has 1 aromatic rings. The average Bonchev–Trinajstić information content (AvgIpc) is 3.02. The van der Waals surface area contributed by atoms with Crippen LogP contribution in [0.3, 0.4) is 0 Å². The Morgan fingerprint density at radius 2 is 1.64 bits per heavy atom. The van der Waals surface area contributed by atoms with Crippen LogP contribution < -0.4 is 0 Å². The molecule has 1 saturated carbocycles. The molecule has 0 N–H and O–H groups in total. The van der Waals surface area contributed by atoms with E-state index in [2.05, 4.69) is 50.3 Å². The topological polar surface area (TPSA) is 17.1 Å². The van der Waals surface area contributed by atoms with Crippen molar-refractivity contribution >= 4 is 5.78 Å². The molecule has 1 nitrogen and oxygen atoms in total. The first-order valence-corrected chi connectivity index (χ1v) is 8.64. The van der Waals surface area contributed by atoms with Crippen molar-refractivity contribution in [3.63, 3.8) is 0 Å². The van der Waals surface area contributed by atoms with Gasteiger partial charge in [0.25, 0.3) is 0 Å². The molecule has 0 radical (unpaired) electrons. The van der Waals surface area contributed by atoms with E-state index in [9.17, 15) is 4.79 Å². The van der Waals surface area contributed by atoms with E-state index in [1.807, 2.05) is 12.1 Å². The van der Waals surface area contributed by atoms with E-state index >= 15 is 0 Å². The fourth-order valence-corrected chi connectivity index (χ4v) is 3.82. The Balaban J connectivity index is 1.69. The number of carbonyl (C=O) groups excluding carboxylic acids is 1. The monoisotopic (exact) mass is 294 g/mol. The summed E-state index contributed by atoms with van der Waals surface area (Å²) in [5, 5.41) is 0. The molecule has 0 heterocycles. The molecular weight excluding hydrogens is 268 g/mol. The highest BCUT2D eigenvalue weighted by Gasteiger charge is 2.27. The average molecular weight is 294 g/mol. The van der Waals surface area contributed by atoms with Crippen molar-refractivity contribution < 1.29 is 4.79 Å². The predicted molar refractivity (Wildman–Crippen MR) is 92.1 cm³/mol. The van der Waals surface area contributed by atoms with Gasteiger partial charge in [-0.25, -0.2) is 0 Å². The summed E-state index contributed by atoms with van der Waals surface area (Å²) in [6.07, 6.45) is 14.4. The van der Waals surface area contributed by atoms with Gasteiger partial charge in [-0.3, -0.25) is 4.79 Å². The van der Waals surface area contributed by atoms with E-state index in [4.69, 9.17) is 0 Å². The van der Waals surface area contributed by atoms with E-state index in [-0.39, 0.29) is 11.3 Å². The van der Waals surface area contributed by atoms with Gasteiger partial charge in [0.05, 0.1) is 0 Å². The number of hydrogen-bond acceptors (Lipinski definition) is 1. The van der Waals surface area contributed by atoms with Crippen LogP contribution in [0.25, 0.3) is 0 Å². The lowest BCUT2D eigenvalue weighted by molar-refractivity contribution is 0.0871. The lowest BCUT2D eigenvalue weighted by atomic mass is 9.77. The summed E-state index contributed by atoms with van der Waals surface area (Å²) < 4.78 is 0. The summed E-state index contributed by atoms with van der Waals surface area (Å²) in [6.45, 7) is 4.47. The highest BCUT2D eigenvalue weighted by molar-refractivity contribution is 5.97. The molecule has 1 fully saturated rings. The smallest absolute Gasteiger partial charge is 0.165 e. The molecule has 0 spiro atoms. The van der Waals surface area contributed by atoms with E-state index in [1.165, 1.54) is 24.8 Å². The Bertz CT molecular complexity index is 571. The van der Waals surface area contributed by atoms with Gasteiger partial charge < -0.3 is 0 Å². The van der Waals surface area contributed by atoms with Gasteiger partial charge in [0.15, 0.2) is 5.78 Å². The third kappa shape index (κ3) is 2.95. The standard InChI is InChI=1S/C21H26O/c1-3-16-6-8-17(9-7-16)20(22)18-10-12-19(13-11-18)21(2)14-4-5-15-21/h4-5,10-17H,3,6-9H2,1-2H3. The van der Waals surface area contributed by atoms with Gasteiger partial charge in [-0.05, 0) is 44.1 Å². The molecule has 3 rings (SSSR count). The maximum absolute atomic E-state index is 12.7. The molecule has 2 aliphatic rings. The molecule has 0 unspecified atom stereocenters. The third-order valence-electron chi connectivity index (χ3n) is 5.58. The first-order chi connectivity index (χ1) is 10.6. The molecule has 1 aromatic carbocycles. The largest absolute Gasteiger partial charge is 0.294 e. The van der Waals surface area contributed by atoms with Crippen molar-refractivity contribution in [1.82, 2.24) is 0 Å². The summed E-state index contributed by atoms with van der Waals surface area (Å²) in [4.78, 5) is 12.7. The van der Waals surface area contributed by atoms with Crippen LogP contribution in [-0.4, -0.2) is 5.78 Å². The number of allylic oxidation sites excluding steroid dienone is 4. The number of Topliss-reactive ketones (excluding diaryl/α,β-unsaturated/α-hetero) is 1. The highest BCUT2D eigenvalue weighted by Crippen LogP contribution is 2.34. The summed E-state index contributed by atoms with van der Waals surface area (Å²) in [6, 6.07) is 8.28. The van der Waals surface area contributed by atoms with E-state index in [1.54, 1.807) is 0 Å². The first-order valence-electron chi connectivity index (χ1n) is 8.64. The Labute approximate surface area is 134 Å².